The molecule has 26 heavy (non-hydrogen) atoms. The molecule has 0 fully saturated rings. The van der Waals surface area contributed by atoms with Gasteiger partial charge < -0.3 is 9.84 Å². The highest BCUT2D eigenvalue weighted by Gasteiger charge is 2.21. The summed E-state index contributed by atoms with van der Waals surface area (Å²) in [6, 6.07) is 11.7. The Morgan fingerprint density at radius 2 is 1.85 bits per heavy atom. The first-order valence-electron chi connectivity index (χ1n) is 8.05. The molecule has 1 aromatic heterocycles. The number of methoxy groups -OCH3 is 1. The Morgan fingerprint density at radius 1 is 1.15 bits per heavy atom. The molecule has 3 rings (SSSR count). The molecule has 0 aliphatic carbocycles. The fraction of sp³-hybridized carbons (Fsp3) is 0.211. The molecule has 0 amide bonds. The lowest BCUT2D eigenvalue weighted by atomic mass is 10.1. The Hall–Kier alpha value is -2.80. The molecule has 136 valence electrons. The van der Waals surface area contributed by atoms with Crippen LogP contribution in [-0.2, 0) is 21.2 Å². The van der Waals surface area contributed by atoms with Gasteiger partial charge in [0.05, 0.1) is 17.5 Å². The van der Waals surface area contributed by atoms with Gasteiger partial charge in [0.2, 0.25) is 0 Å². The van der Waals surface area contributed by atoms with Crippen molar-refractivity contribution in [3.63, 3.8) is 0 Å². The fourth-order valence-corrected chi connectivity index (χ4v) is 4.23. The first-order valence-corrected chi connectivity index (χ1v) is 9.49. The lowest BCUT2D eigenvalue weighted by Crippen LogP contribution is -2.11. The van der Waals surface area contributed by atoms with Gasteiger partial charge in [0.25, 0.3) is 10.0 Å². The van der Waals surface area contributed by atoms with Crippen molar-refractivity contribution in [3.8, 4) is 5.75 Å². The Labute approximate surface area is 151 Å². The van der Waals surface area contributed by atoms with E-state index >= 15 is 0 Å². The zero-order chi connectivity index (χ0) is 18.9. The van der Waals surface area contributed by atoms with Crippen LogP contribution in [0.2, 0.25) is 0 Å². The molecule has 3 aromatic rings. The largest absolute Gasteiger partial charge is 0.497 e. The maximum atomic E-state index is 13.1. The number of carboxylic acids is 1. The van der Waals surface area contributed by atoms with Crippen molar-refractivity contribution >= 4 is 26.9 Å². The van der Waals surface area contributed by atoms with Gasteiger partial charge in [-0.25, -0.2) is 12.4 Å². The molecular weight excluding hydrogens is 354 g/mol. The summed E-state index contributed by atoms with van der Waals surface area (Å²) in [6.07, 6.45) is 1.65. The van der Waals surface area contributed by atoms with Gasteiger partial charge in [0.15, 0.2) is 0 Å². The number of rotatable bonds is 6. The molecule has 0 saturated heterocycles. The van der Waals surface area contributed by atoms with Crippen LogP contribution in [0.5, 0.6) is 5.75 Å². The molecule has 7 heteroatoms. The van der Waals surface area contributed by atoms with Crippen LogP contribution < -0.4 is 4.74 Å². The smallest absolute Gasteiger partial charge is 0.303 e. The fourth-order valence-electron chi connectivity index (χ4n) is 2.84. The number of benzene rings is 2. The molecule has 6 nitrogen and oxygen atoms in total. The third-order valence-electron chi connectivity index (χ3n) is 4.25. The highest BCUT2D eigenvalue weighted by molar-refractivity contribution is 7.90. The second-order valence-electron chi connectivity index (χ2n) is 6.05. The van der Waals surface area contributed by atoms with Crippen molar-refractivity contribution in [1.82, 2.24) is 3.97 Å². The molecule has 1 heterocycles. The molecular formula is C19H19NO5S. The summed E-state index contributed by atoms with van der Waals surface area (Å²) in [5.74, 6) is -0.352. The summed E-state index contributed by atoms with van der Waals surface area (Å²) in [5, 5.41) is 9.64. The summed E-state index contributed by atoms with van der Waals surface area (Å²) in [7, 11) is -2.27. The van der Waals surface area contributed by atoms with E-state index in [-0.39, 0.29) is 17.7 Å². The molecule has 0 aliphatic rings. The van der Waals surface area contributed by atoms with E-state index in [1.165, 1.54) is 17.3 Å². The maximum absolute atomic E-state index is 13.1. The Kier molecular flexibility index (Phi) is 4.73. The molecule has 0 unspecified atom stereocenters. The second kappa shape index (κ2) is 6.84. The van der Waals surface area contributed by atoms with Gasteiger partial charge in [0.1, 0.15) is 5.75 Å². The number of aryl methyl sites for hydroxylation is 2. The van der Waals surface area contributed by atoms with Gasteiger partial charge in [-0.3, -0.25) is 4.79 Å². The van der Waals surface area contributed by atoms with E-state index in [9.17, 15) is 13.2 Å². The van der Waals surface area contributed by atoms with Crippen molar-refractivity contribution in [2.75, 3.05) is 7.11 Å². The molecule has 0 bridgehead atoms. The number of hydrogen-bond acceptors (Lipinski definition) is 4. The lowest BCUT2D eigenvalue weighted by Gasteiger charge is -2.08. The summed E-state index contributed by atoms with van der Waals surface area (Å²) in [6.45, 7) is 1.89. The van der Waals surface area contributed by atoms with Gasteiger partial charge in [-0.2, -0.15) is 0 Å². The van der Waals surface area contributed by atoms with Crippen molar-refractivity contribution < 1.29 is 23.1 Å². The van der Waals surface area contributed by atoms with Crippen LogP contribution in [0.3, 0.4) is 0 Å². The van der Waals surface area contributed by atoms with Crippen LogP contribution in [-0.4, -0.2) is 30.6 Å². The Balaban J connectivity index is 2.19. The van der Waals surface area contributed by atoms with Crippen molar-refractivity contribution in [3.05, 3.63) is 59.8 Å². The highest BCUT2D eigenvalue weighted by Crippen LogP contribution is 2.30. The van der Waals surface area contributed by atoms with Gasteiger partial charge in [-0.1, -0.05) is 17.7 Å². The quantitative estimate of drug-likeness (QED) is 0.717. The SMILES string of the molecule is COc1ccc2c(c1)c(CCC(=O)O)cn2S(=O)(=O)c1ccc(C)cc1. The summed E-state index contributed by atoms with van der Waals surface area (Å²) < 4.78 is 32.6. The Morgan fingerprint density at radius 3 is 2.46 bits per heavy atom. The number of hydrogen-bond donors (Lipinski definition) is 1. The lowest BCUT2D eigenvalue weighted by molar-refractivity contribution is -0.136. The zero-order valence-electron chi connectivity index (χ0n) is 14.5. The van der Waals surface area contributed by atoms with Crippen molar-refractivity contribution in [2.24, 2.45) is 0 Å². The molecule has 0 aliphatic heterocycles. The van der Waals surface area contributed by atoms with Crippen LogP contribution in [0.4, 0.5) is 0 Å². The first kappa shape index (κ1) is 18.0. The third-order valence-corrected chi connectivity index (χ3v) is 5.93. The van der Waals surface area contributed by atoms with E-state index in [1.54, 1.807) is 42.5 Å². The molecule has 0 radical (unpaired) electrons. The molecule has 2 aromatic carbocycles. The number of nitrogens with zero attached hydrogens (tertiary/aromatic N) is 1. The predicted molar refractivity (Wildman–Crippen MR) is 98.2 cm³/mol. The number of carbonyl (C=O) groups is 1. The highest BCUT2D eigenvalue weighted by atomic mass is 32.2. The van der Waals surface area contributed by atoms with E-state index in [0.29, 0.717) is 22.2 Å². The average molecular weight is 373 g/mol. The first-order chi connectivity index (χ1) is 12.3. The second-order valence-corrected chi connectivity index (χ2v) is 7.86. The number of carboxylic acid groups (broad SMARTS) is 1. The predicted octanol–water partition coefficient (Wildman–Crippen LogP) is 3.21. The third kappa shape index (κ3) is 3.30. The normalized spacial score (nSPS) is 11.6. The molecule has 1 N–H and O–H groups in total. The van der Waals surface area contributed by atoms with Gasteiger partial charge in [0, 0.05) is 18.0 Å². The van der Waals surface area contributed by atoms with Crippen LogP contribution >= 0.6 is 0 Å². The number of ether oxygens (including phenoxy) is 1. The Bertz CT molecular complexity index is 1070. The van der Waals surface area contributed by atoms with E-state index in [2.05, 4.69) is 0 Å². The van der Waals surface area contributed by atoms with Crippen LogP contribution in [0.25, 0.3) is 10.9 Å². The molecule has 0 saturated carbocycles. The van der Waals surface area contributed by atoms with Crippen molar-refractivity contribution in [2.45, 2.75) is 24.7 Å². The van der Waals surface area contributed by atoms with Crippen LogP contribution in [0, 0.1) is 6.92 Å². The molecule has 0 atom stereocenters. The van der Waals surface area contributed by atoms with Crippen LogP contribution in [0.1, 0.15) is 17.5 Å². The standard InChI is InChI=1S/C19H19NO5S/c1-13-3-7-16(8-4-13)26(23,24)20-12-14(5-10-19(21)22)17-11-15(25-2)6-9-18(17)20/h3-4,6-9,11-12H,5,10H2,1-2H3,(H,21,22). The minimum atomic E-state index is -3.79. The van der Waals surface area contributed by atoms with Gasteiger partial charge in [-0.15, -0.1) is 0 Å². The minimum Gasteiger partial charge on any atom is -0.497 e. The maximum Gasteiger partial charge on any atom is 0.303 e. The average Bonchev–Trinajstić information content (AvgIpc) is 2.99. The van der Waals surface area contributed by atoms with Gasteiger partial charge >= 0.3 is 5.97 Å². The summed E-state index contributed by atoms with van der Waals surface area (Å²) in [4.78, 5) is 11.1. The number of fused-ring (bicyclic) bond motifs is 1. The van der Waals surface area contributed by atoms with E-state index < -0.39 is 16.0 Å². The van der Waals surface area contributed by atoms with Crippen LogP contribution in [0.15, 0.2) is 53.6 Å². The zero-order valence-corrected chi connectivity index (χ0v) is 15.3. The topological polar surface area (TPSA) is 85.6 Å². The van der Waals surface area contributed by atoms with E-state index in [0.717, 1.165) is 5.56 Å². The van der Waals surface area contributed by atoms with E-state index in [4.69, 9.17) is 9.84 Å². The number of aliphatic carboxylic acids is 1. The minimum absolute atomic E-state index is 0.0824. The van der Waals surface area contributed by atoms with Gasteiger partial charge in [-0.05, 0) is 49.2 Å². The van der Waals surface area contributed by atoms with E-state index in [1.807, 2.05) is 6.92 Å². The summed E-state index contributed by atoms with van der Waals surface area (Å²) in [5.41, 5.74) is 2.11. The monoisotopic (exact) mass is 373 g/mol. The number of aromatic nitrogens is 1. The van der Waals surface area contributed by atoms with Crippen molar-refractivity contribution in [1.29, 1.82) is 0 Å². The summed E-state index contributed by atoms with van der Waals surface area (Å²) >= 11 is 0. The molecule has 0 spiro atoms.